The molecule has 3 rings (SSSR count). The second kappa shape index (κ2) is 5.66. The molecule has 0 unspecified atom stereocenters. The van der Waals surface area contributed by atoms with Gasteiger partial charge in [-0.3, -0.25) is 4.79 Å². The average Bonchev–Trinajstić information content (AvgIpc) is 3.05. The molecule has 19 heavy (non-hydrogen) atoms. The second-order valence-corrected chi connectivity index (χ2v) is 7.95. The summed E-state index contributed by atoms with van der Waals surface area (Å²) in [7, 11) is 0. The Morgan fingerprint density at radius 2 is 2.21 bits per heavy atom. The number of alkyl halides is 1. The summed E-state index contributed by atoms with van der Waals surface area (Å²) in [5.41, 5.74) is 1.20. The Hall–Kier alpha value is -0.190. The molecule has 1 amide bonds. The van der Waals surface area contributed by atoms with E-state index in [4.69, 9.17) is 11.6 Å². The number of fused-ring (bicyclic) bond motifs is 1. The predicted octanol–water partition coefficient (Wildman–Crippen LogP) is 3.82. The van der Waals surface area contributed by atoms with Crippen LogP contribution in [-0.2, 0) is 12.2 Å². The zero-order chi connectivity index (χ0) is 13.3. The fourth-order valence-electron chi connectivity index (χ4n) is 2.91. The van der Waals surface area contributed by atoms with Crippen LogP contribution < -0.4 is 5.32 Å². The Kier molecular flexibility index (Phi) is 4.11. The average molecular weight is 316 g/mol. The number of halogens is 1. The number of rotatable bonds is 3. The van der Waals surface area contributed by atoms with Crippen LogP contribution in [0.1, 0.15) is 45.8 Å². The van der Waals surface area contributed by atoms with Gasteiger partial charge in [-0.05, 0) is 36.6 Å². The molecule has 0 spiro atoms. The molecular formula is C14H18ClNOS2. The van der Waals surface area contributed by atoms with Gasteiger partial charge in [-0.2, -0.15) is 11.8 Å². The van der Waals surface area contributed by atoms with Crippen LogP contribution in [0.15, 0.2) is 6.07 Å². The Bertz CT molecular complexity index is 456. The van der Waals surface area contributed by atoms with Crippen molar-refractivity contribution in [2.45, 2.75) is 43.4 Å². The van der Waals surface area contributed by atoms with Crippen LogP contribution >= 0.6 is 34.7 Å². The van der Waals surface area contributed by atoms with Crippen LogP contribution in [0.4, 0.5) is 0 Å². The second-order valence-electron chi connectivity index (χ2n) is 5.44. The maximum absolute atomic E-state index is 12.4. The molecule has 0 atom stereocenters. The number of thioether (sulfide) groups is 1. The third-order valence-corrected chi connectivity index (χ3v) is 6.80. The van der Waals surface area contributed by atoms with Crippen LogP contribution in [0, 0.1) is 0 Å². The number of amides is 1. The van der Waals surface area contributed by atoms with Gasteiger partial charge in [0.2, 0.25) is 0 Å². The molecule has 2 nitrogen and oxygen atoms in total. The lowest BCUT2D eigenvalue weighted by Gasteiger charge is -2.27. The molecule has 1 saturated carbocycles. The van der Waals surface area contributed by atoms with E-state index >= 15 is 0 Å². The summed E-state index contributed by atoms with van der Waals surface area (Å²) in [5.74, 6) is 2.84. The van der Waals surface area contributed by atoms with E-state index in [0.717, 1.165) is 29.9 Å². The van der Waals surface area contributed by atoms with Gasteiger partial charge in [0, 0.05) is 16.5 Å². The van der Waals surface area contributed by atoms with Gasteiger partial charge in [0.15, 0.2) is 0 Å². The van der Waals surface area contributed by atoms with Crippen molar-refractivity contribution in [3.63, 3.8) is 0 Å². The highest BCUT2D eigenvalue weighted by molar-refractivity contribution is 7.98. The first-order valence-electron chi connectivity index (χ1n) is 6.80. The Labute approximate surface area is 127 Å². The van der Waals surface area contributed by atoms with Crippen molar-refractivity contribution in [3.05, 3.63) is 21.4 Å². The van der Waals surface area contributed by atoms with Crippen molar-refractivity contribution in [1.29, 1.82) is 0 Å². The number of carbonyl (C=O) groups is 1. The Morgan fingerprint density at radius 1 is 1.42 bits per heavy atom. The minimum atomic E-state index is -0.155. The van der Waals surface area contributed by atoms with Gasteiger partial charge in [0.05, 0.1) is 10.4 Å². The lowest BCUT2D eigenvalue weighted by atomic mass is 10.0. The zero-order valence-corrected chi connectivity index (χ0v) is 13.2. The summed E-state index contributed by atoms with van der Waals surface area (Å²) < 4.78 is 0. The van der Waals surface area contributed by atoms with Crippen molar-refractivity contribution in [2.75, 3.05) is 11.6 Å². The van der Waals surface area contributed by atoms with E-state index in [1.54, 1.807) is 11.3 Å². The number of aryl methyl sites for hydroxylation is 1. The van der Waals surface area contributed by atoms with E-state index in [9.17, 15) is 4.79 Å². The van der Waals surface area contributed by atoms with Crippen molar-refractivity contribution in [2.24, 2.45) is 0 Å². The fourth-order valence-corrected chi connectivity index (χ4v) is 5.51. The molecular weight excluding hydrogens is 298 g/mol. The fraction of sp³-hybridized carbons (Fsp3) is 0.643. The minimum Gasteiger partial charge on any atom is -0.345 e. The molecule has 0 bridgehead atoms. The molecule has 0 radical (unpaired) electrons. The summed E-state index contributed by atoms with van der Waals surface area (Å²) in [6.45, 7) is 0. The van der Waals surface area contributed by atoms with Gasteiger partial charge in [0.25, 0.3) is 5.91 Å². The van der Waals surface area contributed by atoms with Crippen molar-refractivity contribution < 1.29 is 4.79 Å². The molecule has 2 aliphatic rings. The summed E-state index contributed by atoms with van der Waals surface area (Å²) in [6, 6.07) is 2.08. The third-order valence-electron chi connectivity index (χ3n) is 4.05. The van der Waals surface area contributed by atoms with Crippen LogP contribution in [0.3, 0.4) is 0 Å². The van der Waals surface area contributed by atoms with E-state index in [2.05, 4.69) is 11.4 Å². The number of hydrogen-bond acceptors (Lipinski definition) is 3. The highest BCUT2D eigenvalue weighted by Crippen LogP contribution is 2.34. The molecule has 5 heteroatoms. The number of thiophene rings is 1. The van der Waals surface area contributed by atoms with Crippen LogP contribution in [0.5, 0.6) is 0 Å². The SMILES string of the molecule is O=C(NC1(CCl)CCCC1)c1cc2c(s1)CCSC2. The van der Waals surface area contributed by atoms with Crippen molar-refractivity contribution in [3.8, 4) is 0 Å². The van der Waals surface area contributed by atoms with Gasteiger partial charge in [-0.15, -0.1) is 22.9 Å². The van der Waals surface area contributed by atoms with Gasteiger partial charge >= 0.3 is 0 Å². The van der Waals surface area contributed by atoms with Gasteiger partial charge in [0.1, 0.15) is 0 Å². The quantitative estimate of drug-likeness (QED) is 0.859. The monoisotopic (exact) mass is 315 g/mol. The highest BCUT2D eigenvalue weighted by Gasteiger charge is 2.35. The summed E-state index contributed by atoms with van der Waals surface area (Å²) >= 11 is 9.70. The molecule has 1 aliphatic carbocycles. The maximum Gasteiger partial charge on any atom is 0.261 e. The first-order chi connectivity index (χ1) is 9.22. The van der Waals surface area contributed by atoms with Gasteiger partial charge in [-0.1, -0.05) is 12.8 Å². The largest absolute Gasteiger partial charge is 0.345 e. The molecule has 2 heterocycles. The van der Waals surface area contributed by atoms with Crippen LogP contribution in [0.25, 0.3) is 0 Å². The van der Waals surface area contributed by atoms with Crippen LogP contribution in [-0.4, -0.2) is 23.1 Å². The van der Waals surface area contributed by atoms with Crippen molar-refractivity contribution in [1.82, 2.24) is 5.32 Å². The summed E-state index contributed by atoms with van der Waals surface area (Å²) in [4.78, 5) is 14.7. The van der Waals surface area contributed by atoms with Gasteiger partial charge in [-0.25, -0.2) is 0 Å². The molecule has 1 aliphatic heterocycles. The van der Waals surface area contributed by atoms with E-state index in [0.29, 0.717) is 5.88 Å². The van der Waals surface area contributed by atoms with Crippen molar-refractivity contribution >= 4 is 40.6 Å². The number of nitrogens with one attached hydrogen (secondary N) is 1. The standard InChI is InChI=1S/C14H18ClNOS2/c15-9-14(4-1-2-5-14)16-13(17)12-7-10-8-18-6-3-11(10)19-12/h7H,1-6,8-9H2,(H,16,17). The van der Waals surface area contributed by atoms with E-state index in [1.165, 1.54) is 29.0 Å². The smallest absolute Gasteiger partial charge is 0.261 e. The summed E-state index contributed by atoms with van der Waals surface area (Å²) in [6.07, 6.45) is 5.49. The normalized spacial score (nSPS) is 21.1. The minimum absolute atomic E-state index is 0.0759. The molecule has 0 aromatic carbocycles. The molecule has 1 aromatic rings. The molecule has 1 N–H and O–H groups in total. The highest BCUT2D eigenvalue weighted by atomic mass is 35.5. The zero-order valence-electron chi connectivity index (χ0n) is 10.8. The van der Waals surface area contributed by atoms with Gasteiger partial charge < -0.3 is 5.32 Å². The predicted molar refractivity (Wildman–Crippen MR) is 83.6 cm³/mol. The van der Waals surface area contributed by atoms with E-state index < -0.39 is 0 Å². The molecule has 1 fully saturated rings. The molecule has 0 saturated heterocycles. The maximum atomic E-state index is 12.4. The summed E-state index contributed by atoms with van der Waals surface area (Å²) in [5, 5.41) is 3.20. The lowest BCUT2D eigenvalue weighted by Crippen LogP contribution is -2.47. The van der Waals surface area contributed by atoms with E-state index in [-0.39, 0.29) is 11.4 Å². The van der Waals surface area contributed by atoms with E-state index in [1.807, 2.05) is 11.8 Å². The topological polar surface area (TPSA) is 29.1 Å². The third kappa shape index (κ3) is 2.81. The molecule has 104 valence electrons. The Balaban J connectivity index is 1.74. The van der Waals surface area contributed by atoms with Crippen LogP contribution in [0.2, 0.25) is 0 Å². The first kappa shape index (κ1) is 13.8. The number of carbonyl (C=O) groups excluding carboxylic acids is 1. The number of hydrogen-bond donors (Lipinski definition) is 1. The molecule has 1 aromatic heterocycles. The first-order valence-corrected chi connectivity index (χ1v) is 9.31. The lowest BCUT2D eigenvalue weighted by molar-refractivity contribution is 0.0913. The Morgan fingerprint density at radius 3 is 2.89 bits per heavy atom.